The summed E-state index contributed by atoms with van der Waals surface area (Å²) in [4.78, 5) is 14.5. The molecule has 19 heavy (non-hydrogen) atoms. The quantitative estimate of drug-likeness (QED) is 0.899. The van der Waals surface area contributed by atoms with Crippen LogP contribution in [-0.2, 0) is 6.54 Å². The summed E-state index contributed by atoms with van der Waals surface area (Å²) in [7, 11) is 0. The first-order valence-corrected chi connectivity index (χ1v) is 7.06. The summed E-state index contributed by atoms with van der Waals surface area (Å²) in [6.07, 6.45) is 2.29. The Morgan fingerprint density at radius 1 is 1.63 bits per heavy atom. The van der Waals surface area contributed by atoms with E-state index in [1.807, 2.05) is 24.8 Å². The highest BCUT2D eigenvalue weighted by Crippen LogP contribution is 2.24. The van der Waals surface area contributed by atoms with Crippen LogP contribution in [0.5, 0.6) is 0 Å². The number of rotatable bonds is 4. The topological polar surface area (TPSA) is 58.4 Å². The van der Waals surface area contributed by atoms with Crippen molar-refractivity contribution in [2.75, 3.05) is 6.54 Å². The number of hydrogen-bond donors (Lipinski definition) is 1. The third-order valence-electron chi connectivity index (χ3n) is 3.67. The summed E-state index contributed by atoms with van der Waals surface area (Å²) in [6, 6.07) is 2.01. The van der Waals surface area contributed by atoms with Crippen LogP contribution < -0.4 is 0 Å². The fourth-order valence-corrected chi connectivity index (χ4v) is 2.85. The maximum Gasteiger partial charge on any atom is 0.272 e. The molecule has 1 fully saturated rings. The van der Waals surface area contributed by atoms with Crippen molar-refractivity contribution in [1.82, 2.24) is 14.7 Å². The number of hydrogen-bond acceptors (Lipinski definition) is 3. The molecular weight excluding hydrogens is 242 g/mol. The standard InChI is InChI=1S/C14H23N3O2/c1-4-17-13(8-10(2)15-17)14(19)16-7-5-6-12(16)9-11(3)18/h8,11-12,18H,4-7,9H2,1-3H3. The summed E-state index contributed by atoms with van der Waals surface area (Å²) in [5, 5.41) is 13.9. The van der Waals surface area contributed by atoms with E-state index in [1.54, 1.807) is 11.6 Å². The van der Waals surface area contributed by atoms with Crippen LogP contribution in [0.2, 0.25) is 0 Å². The van der Waals surface area contributed by atoms with Gasteiger partial charge in [-0.15, -0.1) is 0 Å². The van der Waals surface area contributed by atoms with E-state index in [2.05, 4.69) is 5.10 Å². The molecule has 0 saturated carbocycles. The summed E-state index contributed by atoms with van der Waals surface area (Å²) >= 11 is 0. The second-order valence-corrected chi connectivity index (χ2v) is 5.37. The predicted octanol–water partition coefficient (Wildman–Crippen LogP) is 1.59. The Labute approximate surface area is 114 Å². The van der Waals surface area contributed by atoms with Crippen molar-refractivity contribution in [3.63, 3.8) is 0 Å². The molecule has 0 aromatic carbocycles. The molecule has 0 radical (unpaired) electrons. The first-order valence-electron chi connectivity index (χ1n) is 7.06. The van der Waals surface area contributed by atoms with Gasteiger partial charge in [-0.1, -0.05) is 0 Å². The van der Waals surface area contributed by atoms with Gasteiger partial charge in [0, 0.05) is 19.1 Å². The van der Waals surface area contributed by atoms with Crippen LogP contribution in [-0.4, -0.2) is 44.4 Å². The third-order valence-corrected chi connectivity index (χ3v) is 3.67. The van der Waals surface area contributed by atoms with Crippen molar-refractivity contribution in [2.45, 2.75) is 58.7 Å². The van der Waals surface area contributed by atoms with E-state index in [0.29, 0.717) is 18.7 Å². The zero-order chi connectivity index (χ0) is 14.0. The Morgan fingerprint density at radius 2 is 2.37 bits per heavy atom. The second kappa shape index (κ2) is 5.74. The SMILES string of the molecule is CCn1nc(C)cc1C(=O)N1CCCC1CC(C)O. The molecule has 2 heterocycles. The van der Waals surface area contributed by atoms with Gasteiger partial charge in [-0.2, -0.15) is 5.10 Å². The van der Waals surface area contributed by atoms with Gasteiger partial charge in [0.25, 0.3) is 5.91 Å². The first-order chi connectivity index (χ1) is 9.02. The maximum atomic E-state index is 12.6. The van der Waals surface area contributed by atoms with Crippen LogP contribution in [0.15, 0.2) is 6.07 Å². The molecule has 2 atom stereocenters. The molecule has 0 spiro atoms. The number of aryl methyl sites for hydroxylation is 2. The van der Waals surface area contributed by atoms with Gasteiger partial charge in [-0.3, -0.25) is 9.48 Å². The second-order valence-electron chi connectivity index (χ2n) is 5.37. The first kappa shape index (κ1) is 14.1. The molecule has 1 aromatic heterocycles. The molecule has 106 valence electrons. The summed E-state index contributed by atoms with van der Waals surface area (Å²) in [6.45, 7) is 7.15. The molecule has 1 amide bonds. The van der Waals surface area contributed by atoms with E-state index in [9.17, 15) is 9.90 Å². The fourth-order valence-electron chi connectivity index (χ4n) is 2.85. The third kappa shape index (κ3) is 2.97. The van der Waals surface area contributed by atoms with Crippen LogP contribution in [0.4, 0.5) is 0 Å². The van der Waals surface area contributed by atoms with Crippen molar-refractivity contribution in [3.8, 4) is 0 Å². The average molecular weight is 265 g/mol. The van der Waals surface area contributed by atoms with Crippen molar-refractivity contribution in [3.05, 3.63) is 17.5 Å². The minimum absolute atomic E-state index is 0.0469. The summed E-state index contributed by atoms with van der Waals surface area (Å²) in [5.74, 6) is 0.0469. The number of aromatic nitrogens is 2. The lowest BCUT2D eigenvalue weighted by atomic mass is 10.1. The van der Waals surface area contributed by atoms with Crippen LogP contribution in [0.1, 0.15) is 49.3 Å². The largest absolute Gasteiger partial charge is 0.393 e. The molecule has 1 aliphatic rings. The number of aliphatic hydroxyl groups is 1. The normalized spacial score (nSPS) is 20.8. The van der Waals surface area contributed by atoms with Gasteiger partial charge in [0.1, 0.15) is 5.69 Å². The Kier molecular flexibility index (Phi) is 4.24. The molecule has 2 unspecified atom stereocenters. The Bertz CT molecular complexity index is 454. The van der Waals surface area contributed by atoms with Gasteiger partial charge >= 0.3 is 0 Å². The van der Waals surface area contributed by atoms with Crippen molar-refractivity contribution < 1.29 is 9.90 Å². The van der Waals surface area contributed by atoms with Gasteiger partial charge in [-0.25, -0.2) is 0 Å². The molecule has 1 aromatic rings. The van der Waals surface area contributed by atoms with E-state index < -0.39 is 0 Å². The minimum atomic E-state index is -0.365. The summed E-state index contributed by atoms with van der Waals surface area (Å²) < 4.78 is 1.76. The van der Waals surface area contributed by atoms with E-state index in [-0.39, 0.29) is 18.1 Å². The van der Waals surface area contributed by atoms with Gasteiger partial charge in [0.15, 0.2) is 0 Å². The Balaban J connectivity index is 2.18. The lowest BCUT2D eigenvalue weighted by Crippen LogP contribution is -2.38. The van der Waals surface area contributed by atoms with Crippen molar-refractivity contribution >= 4 is 5.91 Å². The monoisotopic (exact) mass is 265 g/mol. The zero-order valence-corrected chi connectivity index (χ0v) is 12.0. The highest BCUT2D eigenvalue weighted by atomic mass is 16.3. The van der Waals surface area contributed by atoms with Gasteiger partial charge in [0.05, 0.1) is 11.8 Å². The molecule has 0 aliphatic carbocycles. The molecule has 5 nitrogen and oxygen atoms in total. The van der Waals surface area contributed by atoms with Crippen LogP contribution in [0, 0.1) is 6.92 Å². The molecule has 1 aliphatic heterocycles. The Morgan fingerprint density at radius 3 is 3.00 bits per heavy atom. The zero-order valence-electron chi connectivity index (χ0n) is 12.0. The molecule has 2 rings (SSSR count). The highest BCUT2D eigenvalue weighted by Gasteiger charge is 2.31. The minimum Gasteiger partial charge on any atom is -0.393 e. The number of amides is 1. The number of carbonyl (C=O) groups is 1. The van der Waals surface area contributed by atoms with Gasteiger partial charge in [0.2, 0.25) is 0 Å². The highest BCUT2D eigenvalue weighted by molar-refractivity contribution is 5.93. The number of likely N-dealkylation sites (tertiary alicyclic amines) is 1. The van der Waals surface area contributed by atoms with Crippen molar-refractivity contribution in [1.29, 1.82) is 0 Å². The predicted molar refractivity (Wildman–Crippen MR) is 73.0 cm³/mol. The summed E-state index contributed by atoms with van der Waals surface area (Å²) in [5.41, 5.74) is 1.54. The maximum absolute atomic E-state index is 12.6. The fraction of sp³-hybridized carbons (Fsp3) is 0.714. The van der Waals surface area contributed by atoms with E-state index >= 15 is 0 Å². The van der Waals surface area contributed by atoms with Crippen LogP contribution in [0.25, 0.3) is 0 Å². The van der Waals surface area contributed by atoms with E-state index in [4.69, 9.17) is 0 Å². The average Bonchev–Trinajstić information content (AvgIpc) is 2.94. The van der Waals surface area contributed by atoms with Crippen LogP contribution in [0.3, 0.4) is 0 Å². The number of carbonyl (C=O) groups excluding carboxylic acids is 1. The molecule has 5 heteroatoms. The van der Waals surface area contributed by atoms with Gasteiger partial charge < -0.3 is 10.0 Å². The smallest absolute Gasteiger partial charge is 0.272 e. The van der Waals surface area contributed by atoms with E-state index in [0.717, 1.165) is 25.1 Å². The number of nitrogens with zero attached hydrogens (tertiary/aromatic N) is 3. The van der Waals surface area contributed by atoms with Gasteiger partial charge in [-0.05, 0) is 46.1 Å². The molecular formula is C14H23N3O2. The van der Waals surface area contributed by atoms with Crippen LogP contribution >= 0.6 is 0 Å². The van der Waals surface area contributed by atoms with Crippen molar-refractivity contribution in [2.24, 2.45) is 0 Å². The molecule has 0 bridgehead atoms. The number of aliphatic hydroxyl groups excluding tert-OH is 1. The lowest BCUT2D eigenvalue weighted by Gasteiger charge is -2.25. The lowest BCUT2D eigenvalue weighted by molar-refractivity contribution is 0.0670. The van der Waals surface area contributed by atoms with E-state index in [1.165, 1.54) is 0 Å². The molecule has 1 N–H and O–H groups in total. The Hall–Kier alpha value is -1.36. The molecule has 1 saturated heterocycles.